The predicted octanol–water partition coefficient (Wildman–Crippen LogP) is 4.96. The minimum absolute atomic E-state index is 0.0677. The molecular weight excluding hydrogens is 385 g/mol. The van der Waals surface area contributed by atoms with Crippen LogP contribution >= 0.6 is 23.2 Å². The molecule has 2 N–H and O–H groups in total. The van der Waals surface area contributed by atoms with E-state index in [1.165, 1.54) is 6.26 Å². The average molecular weight is 401 g/mol. The SMILES string of the molecule is Cc1nn(C)c(C)c1N[S+](=O)(O)c1c(Cl)cc(-c2ccco2)cc1Cl. The largest absolute Gasteiger partial charge is 0.464 e. The lowest BCUT2D eigenvalue weighted by Gasteiger charge is -2.11. The molecule has 0 spiro atoms. The molecule has 0 amide bonds. The molecule has 0 fully saturated rings. The first-order chi connectivity index (χ1) is 11.7. The maximum Gasteiger partial charge on any atom is 0.349 e. The average Bonchev–Trinajstić information content (AvgIpc) is 3.11. The molecule has 1 unspecified atom stereocenters. The second kappa shape index (κ2) is 6.49. The number of nitrogens with zero attached hydrogens (tertiary/aromatic N) is 2. The summed E-state index contributed by atoms with van der Waals surface area (Å²) in [5, 5.41) is 4.36. The van der Waals surface area contributed by atoms with Gasteiger partial charge >= 0.3 is 10.4 Å². The molecule has 2 heterocycles. The smallest absolute Gasteiger partial charge is 0.349 e. The molecule has 0 aliphatic rings. The lowest BCUT2D eigenvalue weighted by molar-refractivity contribution is 0.502. The molecular formula is C16H16Cl2N3O3S+. The summed E-state index contributed by atoms with van der Waals surface area (Å²) in [5.74, 6) is 0.562. The van der Waals surface area contributed by atoms with Crippen molar-refractivity contribution in [3.8, 4) is 11.3 Å². The Kier molecular flexibility index (Phi) is 4.68. The van der Waals surface area contributed by atoms with Gasteiger partial charge in [0.25, 0.3) is 4.90 Å². The van der Waals surface area contributed by atoms with Crippen LogP contribution in [0, 0.1) is 13.8 Å². The summed E-state index contributed by atoms with van der Waals surface area (Å²) in [6, 6.07) is 6.57. The summed E-state index contributed by atoms with van der Waals surface area (Å²) in [5.41, 5.74) is 2.41. The van der Waals surface area contributed by atoms with E-state index < -0.39 is 10.4 Å². The molecule has 1 atom stereocenters. The number of aryl methyl sites for hydroxylation is 2. The molecule has 9 heteroatoms. The number of aromatic nitrogens is 2. The van der Waals surface area contributed by atoms with Gasteiger partial charge in [-0.3, -0.25) is 4.68 Å². The van der Waals surface area contributed by atoms with E-state index in [0.717, 1.165) is 5.69 Å². The summed E-state index contributed by atoms with van der Waals surface area (Å²) < 4.78 is 33.1. The Morgan fingerprint density at radius 2 is 1.92 bits per heavy atom. The Balaban J connectivity index is 2.04. The topological polar surface area (TPSA) is 80.3 Å². The highest BCUT2D eigenvalue weighted by molar-refractivity contribution is 7.99. The molecule has 3 rings (SSSR count). The second-order valence-electron chi connectivity index (χ2n) is 5.54. The van der Waals surface area contributed by atoms with E-state index in [0.29, 0.717) is 22.7 Å². The van der Waals surface area contributed by atoms with Crippen LogP contribution in [0.5, 0.6) is 0 Å². The van der Waals surface area contributed by atoms with Gasteiger partial charge in [0.15, 0.2) is 0 Å². The number of hydrogen-bond acceptors (Lipinski definition) is 3. The van der Waals surface area contributed by atoms with Crippen molar-refractivity contribution >= 4 is 39.3 Å². The van der Waals surface area contributed by atoms with E-state index in [1.54, 1.807) is 49.8 Å². The molecule has 1 aromatic carbocycles. The first-order valence-electron chi connectivity index (χ1n) is 7.28. The van der Waals surface area contributed by atoms with Crippen LogP contribution in [0.2, 0.25) is 10.0 Å². The molecule has 132 valence electrons. The molecule has 2 aromatic heterocycles. The van der Waals surface area contributed by atoms with E-state index in [-0.39, 0.29) is 14.9 Å². The van der Waals surface area contributed by atoms with Gasteiger partial charge in [0.2, 0.25) is 0 Å². The number of nitrogens with one attached hydrogen (secondary N) is 1. The van der Waals surface area contributed by atoms with Crippen molar-refractivity contribution in [2.75, 3.05) is 4.72 Å². The fourth-order valence-electron chi connectivity index (χ4n) is 2.52. The number of hydrogen-bond donors (Lipinski definition) is 2. The third-order valence-electron chi connectivity index (χ3n) is 3.83. The van der Waals surface area contributed by atoms with Crippen LogP contribution < -0.4 is 4.72 Å². The van der Waals surface area contributed by atoms with E-state index >= 15 is 0 Å². The van der Waals surface area contributed by atoms with Crippen LogP contribution in [0.4, 0.5) is 5.69 Å². The van der Waals surface area contributed by atoms with Crippen LogP contribution in [-0.4, -0.2) is 14.3 Å². The molecule has 0 bridgehead atoms. The third-order valence-corrected chi connectivity index (χ3v) is 6.12. The van der Waals surface area contributed by atoms with Gasteiger partial charge in [-0.1, -0.05) is 23.2 Å². The van der Waals surface area contributed by atoms with Crippen molar-refractivity contribution in [3.63, 3.8) is 0 Å². The zero-order valence-corrected chi connectivity index (χ0v) is 16.0. The summed E-state index contributed by atoms with van der Waals surface area (Å²) >= 11 is 12.5. The zero-order chi connectivity index (χ0) is 18.4. The second-order valence-corrected chi connectivity index (χ2v) is 8.02. The number of furan rings is 1. The highest BCUT2D eigenvalue weighted by atomic mass is 35.5. The standard InChI is InChI=1S/C16H15Cl2N3O3S/c1-9-15(10(2)21(3)19-9)20-25(22,23)16-12(17)7-11(8-13(16)18)14-5-4-6-24-14/h4-8H,1-3H3,(H-,20,22,23)/p+1. The van der Waals surface area contributed by atoms with Crippen molar-refractivity contribution in [1.29, 1.82) is 0 Å². The van der Waals surface area contributed by atoms with E-state index in [9.17, 15) is 8.76 Å². The minimum Gasteiger partial charge on any atom is -0.464 e. The Hall–Kier alpha value is -1.80. The molecule has 6 nitrogen and oxygen atoms in total. The molecule has 0 saturated carbocycles. The van der Waals surface area contributed by atoms with E-state index in [4.69, 9.17) is 27.6 Å². The van der Waals surface area contributed by atoms with Gasteiger partial charge in [-0.05, 0) is 42.3 Å². The van der Waals surface area contributed by atoms with Crippen molar-refractivity contribution < 1.29 is 13.2 Å². The normalized spacial score (nSPS) is 13.7. The van der Waals surface area contributed by atoms with Crippen LogP contribution in [0.3, 0.4) is 0 Å². The van der Waals surface area contributed by atoms with Crippen LogP contribution in [-0.2, 0) is 21.7 Å². The van der Waals surface area contributed by atoms with Crippen LogP contribution in [0.1, 0.15) is 11.4 Å². The summed E-state index contributed by atoms with van der Waals surface area (Å²) in [6.07, 6.45) is 1.52. The molecule has 0 radical (unpaired) electrons. The summed E-state index contributed by atoms with van der Waals surface area (Å²) in [6.45, 7) is 3.54. The van der Waals surface area contributed by atoms with Crippen molar-refractivity contribution in [3.05, 3.63) is 52.0 Å². The molecule has 25 heavy (non-hydrogen) atoms. The van der Waals surface area contributed by atoms with Gasteiger partial charge in [-0.15, -0.1) is 0 Å². The van der Waals surface area contributed by atoms with Gasteiger partial charge in [-0.25, -0.2) is 0 Å². The van der Waals surface area contributed by atoms with Crippen molar-refractivity contribution in [2.45, 2.75) is 18.7 Å². The Morgan fingerprint density at radius 3 is 2.40 bits per heavy atom. The van der Waals surface area contributed by atoms with Crippen molar-refractivity contribution in [2.24, 2.45) is 7.05 Å². The van der Waals surface area contributed by atoms with Gasteiger partial charge in [0.05, 0.1) is 17.7 Å². The Labute approximate surface area is 156 Å². The maximum atomic E-state index is 12.9. The number of anilines is 1. The highest BCUT2D eigenvalue weighted by Gasteiger charge is 2.37. The first kappa shape index (κ1) is 18.0. The molecule has 0 aliphatic carbocycles. The van der Waals surface area contributed by atoms with E-state index in [2.05, 4.69) is 9.82 Å². The molecule has 0 aliphatic heterocycles. The third kappa shape index (κ3) is 3.32. The molecule has 3 aromatic rings. The zero-order valence-electron chi connectivity index (χ0n) is 13.7. The van der Waals surface area contributed by atoms with Crippen LogP contribution in [0.25, 0.3) is 11.3 Å². The van der Waals surface area contributed by atoms with Gasteiger partial charge < -0.3 is 4.42 Å². The quantitative estimate of drug-likeness (QED) is 0.606. The Bertz CT molecular complexity index is 960. The number of halogens is 2. The fraction of sp³-hybridized carbons (Fsp3) is 0.188. The van der Waals surface area contributed by atoms with Gasteiger partial charge in [0, 0.05) is 12.6 Å². The van der Waals surface area contributed by atoms with Crippen LogP contribution in [0.15, 0.2) is 39.8 Å². The number of rotatable bonds is 4. The minimum atomic E-state index is -3.74. The lowest BCUT2D eigenvalue weighted by Crippen LogP contribution is -2.22. The van der Waals surface area contributed by atoms with Gasteiger partial charge in [0.1, 0.15) is 21.5 Å². The predicted molar refractivity (Wildman–Crippen MR) is 99.4 cm³/mol. The summed E-state index contributed by atoms with van der Waals surface area (Å²) in [4.78, 5) is -0.0752. The number of benzene rings is 1. The lowest BCUT2D eigenvalue weighted by atomic mass is 10.2. The highest BCUT2D eigenvalue weighted by Crippen LogP contribution is 2.38. The monoisotopic (exact) mass is 400 g/mol. The summed E-state index contributed by atoms with van der Waals surface area (Å²) in [7, 11) is -1.98. The van der Waals surface area contributed by atoms with E-state index in [1.807, 2.05) is 0 Å². The maximum absolute atomic E-state index is 12.9. The molecule has 0 saturated heterocycles. The van der Waals surface area contributed by atoms with Crippen molar-refractivity contribution in [1.82, 2.24) is 9.78 Å². The fourth-order valence-corrected chi connectivity index (χ4v) is 4.96. The first-order valence-corrected chi connectivity index (χ1v) is 9.55. The Morgan fingerprint density at radius 1 is 1.28 bits per heavy atom. The van der Waals surface area contributed by atoms with Gasteiger partial charge in [-0.2, -0.15) is 14.4 Å².